The number of hydrogen-bond acceptors (Lipinski definition) is 3. The quantitative estimate of drug-likeness (QED) is 0.915. The molecule has 1 heterocycles. The van der Waals surface area contributed by atoms with Crippen LogP contribution in [0.5, 0.6) is 0 Å². The van der Waals surface area contributed by atoms with E-state index in [1.807, 2.05) is 36.2 Å². The molecule has 0 aliphatic carbocycles. The van der Waals surface area contributed by atoms with Gasteiger partial charge in [0.1, 0.15) is 11.4 Å². The van der Waals surface area contributed by atoms with Gasteiger partial charge in [-0.3, -0.25) is 0 Å². The van der Waals surface area contributed by atoms with Gasteiger partial charge in [0.2, 0.25) is 0 Å². The third-order valence-electron chi connectivity index (χ3n) is 2.93. The monoisotopic (exact) mass is 258 g/mol. The Morgan fingerprint density at radius 3 is 2.68 bits per heavy atom. The van der Waals surface area contributed by atoms with E-state index in [1.165, 1.54) is 0 Å². The topological polar surface area (TPSA) is 53.4 Å². The molecule has 0 saturated carbocycles. The molecule has 0 saturated heterocycles. The molecule has 0 atom stereocenters. The normalized spacial score (nSPS) is 10.9. The van der Waals surface area contributed by atoms with E-state index in [2.05, 4.69) is 18.8 Å². The summed E-state index contributed by atoms with van der Waals surface area (Å²) in [6.45, 7) is 4.96. The molecular weight excluding hydrogens is 240 g/mol. The lowest BCUT2D eigenvalue weighted by Crippen LogP contribution is -2.25. The molecule has 100 valence electrons. The Morgan fingerprint density at radius 1 is 1.37 bits per heavy atom. The molecule has 0 fully saturated rings. The highest BCUT2D eigenvalue weighted by Gasteiger charge is 2.17. The van der Waals surface area contributed by atoms with Gasteiger partial charge in [0.25, 0.3) is 0 Å². The molecule has 2 aromatic rings. The summed E-state index contributed by atoms with van der Waals surface area (Å²) in [6, 6.07) is 9.25. The second-order valence-electron chi connectivity index (χ2n) is 5.13. The molecule has 0 unspecified atom stereocenters. The van der Waals surface area contributed by atoms with Crippen LogP contribution in [0, 0.1) is 5.92 Å². The SMILES string of the molecule is CC(C)CN(C)c1nc2ccccc2cc1C(=O)O. The summed E-state index contributed by atoms with van der Waals surface area (Å²) in [7, 11) is 1.88. The number of carbonyl (C=O) groups is 1. The first-order valence-electron chi connectivity index (χ1n) is 6.33. The molecular formula is C15H18N2O2. The zero-order valence-corrected chi connectivity index (χ0v) is 11.4. The van der Waals surface area contributed by atoms with Gasteiger partial charge in [-0.2, -0.15) is 0 Å². The lowest BCUT2D eigenvalue weighted by atomic mass is 10.1. The summed E-state index contributed by atoms with van der Waals surface area (Å²) in [4.78, 5) is 17.8. The molecule has 2 rings (SSSR count). The number of anilines is 1. The van der Waals surface area contributed by atoms with Gasteiger partial charge in [-0.05, 0) is 18.1 Å². The summed E-state index contributed by atoms with van der Waals surface area (Å²) in [5.74, 6) is 0.0312. The Balaban J connectivity index is 2.56. The zero-order valence-electron chi connectivity index (χ0n) is 11.4. The van der Waals surface area contributed by atoms with E-state index in [0.717, 1.165) is 17.4 Å². The number of benzene rings is 1. The first kappa shape index (κ1) is 13.3. The van der Waals surface area contributed by atoms with Crippen molar-refractivity contribution in [3.63, 3.8) is 0 Å². The highest BCUT2D eigenvalue weighted by molar-refractivity contribution is 5.98. The molecule has 0 radical (unpaired) electrons. The number of aromatic nitrogens is 1. The Morgan fingerprint density at radius 2 is 2.05 bits per heavy atom. The zero-order chi connectivity index (χ0) is 14.0. The lowest BCUT2D eigenvalue weighted by Gasteiger charge is -2.22. The van der Waals surface area contributed by atoms with Crippen LogP contribution >= 0.6 is 0 Å². The average Bonchev–Trinajstić information content (AvgIpc) is 2.36. The van der Waals surface area contributed by atoms with Gasteiger partial charge in [-0.25, -0.2) is 9.78 Å². The molecule has 0 aliphatic rings. The number of carboxylic acids is 1. The number of rotatable bonds is 4. The maximum absolute atomic E-state index is 11.4. The summed E-state index contributed by atoms with van der Waals surface area (Å²) in [6.07, 6.45) is 0. The highest BCUT2D eigenvalue weighted by atomic mass is 16.4. The second kappa shape index (κ2) is 5.26. The minimum atomic E-state index is -0.941. The van der Waals surface area contributed by atoms with Crippen molar-refractivity contribution in [2.45, 2.75) is 13.8 Å². The fourth-order valence-corrected chi connectivity index (χ4v) is 2.19. The number of carboxylic acid groups (broad SMARTS) is 1. The second-order valence-corrected chi connectivity index (χ2v) is 5.13. The molecule has 1 aromatic carbocycles. The fraction of sp³-hybridized carbons (Fsp3) is 0.333. The minimum absolute atomic E-state index is 0.252. The predicted molar refractivity (Wildman–Crippen MR) is 76.8 cm³/mol. The van der Waals surface area contributed by atoms with Crippen molar-refractivity contribution in [2.24, 2.45) is 5.92 Å². The van der Waals surface area contributed by atoms with Gasteiger partial charge in [0, 0.05) is 19.0 Å². The minimum Gasteiger partial charge on any atom is -0.478 e. The molecule has 0 bridgehead atoms. The Bertz CT molecular complexity index is 608. The largest absolute Gasteiger partial charge is 0.478 e. The smallest absolute Gasteiger partial charge is 0.339 e. The van der Waals surface area contributed by atoms with Crippen molar-refractivity contribution in [3.8, 4) is 0 Å². The number of hydrogen-bond donors (Lipinski definition) is 1. The summed E-state index contributed by atoms with van der Waals surface area (Å²) in [5, 5.41) is 10.2. The number of pyridine rings is 1. The summed E-state index contributed by atoms with van der Waals surface area (Å²) >= 11 is 0. The average molecular weight is 258 g/mol. The molecule has 0 aliphatic heterocycles. The lowest BCUT2D eigenvalue weighted by molar-refractivity contribution is 0.0697. The van der Waals surface area contributed by atoms with Gasteiger partial charge in [-0.1, -0.05) is 32.0 Å². The Labute approximate surface area is 112 Å². The van der Waals surface area contributed by atoms with Crippen LogP contribution in [0.25, 0.3) is 10.9 Å². The van der Waals surface area contributed by atoms with Crippen molar-refractivity contribution in [1.82, 2.24) is 4.98 Å². The van der Waals surface area contributed by atoms with E-state index in [9.17, 15) is 9.90 Å². The van der Waals surface area contributed by atoms with Crippen molar-refractivity contribution in [3.05, 3.63) is 35.9 Å². The molecule has 4 heteroatoms. The summed E-state index contributed by atoms with van der Waals surface area (Å²) in [5.41, 5.74) is 1.07. The molecule has 0 spiro atoms. The first-order chi connectivity index (χ1) is 8.99. The standard InChI is InChI=1S/C15H18N2O2/c1-10(2)9-17(3)14-12(15(18)19)8-11-6-4-5-7-13(11)16-14/h4-8,10H,9H2,1-3H3,(H,18,19). The highest BCUT2D eigenvalue weighted by Crippen LogP contribution is 2.23. The van der Waals surface area contributed by atoms with E-state index < -0.39 is 5.97 Å². The summed E-state index contributed by atoms with van der Waals surface area (Å²) < 4.78 is 0. The van der Waals surface area contributed by atoms with Crippen molar-refractivity contribution in [1.29, 1.82) is 0 Å². The van der Waals surface area contributed by atoms with Crippen molar-refractivity contribution in [2.75, 3.05) is 18.5 Å². The number of fused-ring (bicyclic) bond motifs is 1. The first-order valence-corrected chi connectivity index (χ1v) is 6.33. The predicted octanol–water partition coefficient (Wildman–Crippen LogP) is 3.03. The van der Waals surface area contributed by atoms with Crippen LogP contribution in [0.2, 0.25) is 0 Å². The van der Waals surface area contributed by atoms with Gasteiger partial charge in [0.05, 0.1) is 5.52 Å². The van der Waals surface area contributed by atoms with Gasteiger partial charge >= 0.3 is 5.97 Å². The Kier molecular flexibility index (Phi) is 3.69. The van der Waals surface area contributed by atoms with E-state index in [4.69, 9.17) is 0 Å². The Hall–Kier alpha value is -2.10. The van der Waals surface area contributed by atoms with Gasteiger partial charge in [0.15, 0.2) is 0 Å². The van der Waals surface area contributed by atoms with Crippen LogP contribution in [0.3, 0.4) is 0 Å². The van der Waals surface area contributed by atoms with E-state index in [-0.39, 0.29) is 5.56 Å². The van der Waals surface area contributed by atoms with E-state index >= 15 is 0 Å². The molecule has 1 aromatic heterocycles. The third-order valence-corrected chi connectivity index (χ3v) is 2.93. The molecule has 19 heavy (non-hydrogen) atoms. The van der Waals surface area contributed by atoms with E-state index in [1.54, 1.807) is 6.07 Å². The third kappa shape index (κ3) is 2.84. The van der Waals surface area contributed by atoms with Crippen molar-refractivity contribution >= 4 is 22.7 Å². The number of para-hydroxylation sites is 1. The van der Waals surface area contributed by atoms with Crippen LogP contribution in [0.1, 0.15) is 24.2 Å². The molecule has 0 amide bonds. The fourth-order valence-electron chi connectivity index (χ4n) is 2.19. The van der Waals surface area contributed by atoms with E-state index in [0.29, 0.717) is 11.7 Å². The van der Waals surface area contributed by atoms with Crippen LogP contribution in [-0.4, -0.2) is 29.7 Å². The molecule has 1 N–H and O–H groups in total. The van der Waals surface area contributed by atoms with Gasteiger partial charge in [-0.15, -0.1) is 0 Å². The maximum Gasteiger partial charge on any atom is 0.339 e. The van der Waals surface area contributed by atoms with Crippen LogP contribution in [0.15, 0.2) is 30.3 Å². The van der Waals surface area contributed by atoms with Crippen LogP contribution < -0.4 is 4.90 Å². The maximum atomic E-state index is 11.4. The molecule has 4 nitrogen and oxygen atoms in total. The number of aromatic carboxylic acids is 1. The van der Waals surface area contributed by atoms with Crippen LogP contribution in [-0.2, 0) is 0 Å². The number of nitrogens with zero attached hydrogens (tertiary/aromatic N) is 2. The van der Waals surface area contributed by atoms with Crippen molar-refractivity contribution < 1.29 is 9.90 Å². The van der Waals surface area contributed by atoms with Crippen LogP contribution in [0.4, 0.5) is 5.82 Å². The van der Waals surface area contributed by atoms with Gasteiger partial charge < -0.3 is 10.0 Å².